The van der Waals surface area contributed by atoms with E-state index in [0.29, 0.717) is 6.54 Å². The van der Waals surface area contributed by atoms with Crippen LogP contribution in [0.4, 0.5) is 8.78 Å². The highest BCUT2D eigenvalue weighted by Crippen LogP contribution is 2.17. The second kappa shape index (κ2) is 5.16. The van der Waals surface area contributed by atoms with E-state index in [4.69, 9.17) is 0 Å². The van der Waals surface area contributed by atoms with E-state index >= 15 is 0 Å². The Morgan fingerprint density at radius 3 is 2.44 bits per heavy atom. The summed E-state index contributed by atoms with van der Waals surface area (Å²) in [5.41, 5.74) is 0.0478. The van der Waals surface area contributed by atoms with Crippen LogP contribution in [-0.4, -0.2) is 31.3 Å². The highest BCUT2D eigenvalue weighted by Gasteiger charge is 2.16. The summed E-state index contributed by atoms with van der Waals surface area (Å²) in [6, 6.07) is 2.76. The molecule has 0 bridgehead atoms. The molecule has 1 aromatic rings. The number of carbonyl (C=O) groups excluding carboxylic acids is 1. The van der Waals surface area contributed by atoms with Gasteiger partial charge in [0, 0.05) is 13.0 Å². The average molecular weight is 227 g/mol. The SMILES string of the molecule is Cc1ccc(C(=O)CCN(C)C)c(F)c1F. The molecule has 0 amide bonds. The Labute approximate surface area is 93.9 Å². The van der Waals surface area contributed by atoms with Crippen molar-refractivity contribution in [3.05, 3.63) is 34.9 Å². The molecule has 0 unspecified atom stereocenters. The Hall–Kier alpha value is -1.29. The van der Waals surface area contributed by atoms with Crippen LogP contribution in [0.5, 0.6) is 0 Å². The number of hydrogen-bond acceptors (Lipinski definition) is 2. The van der Waals surface area contributed by atoms with Gasteiger partial charge in [-0.3, -0.25) is 4.79 Å². The van der Waals surface area contributed by atoms with E-state index in [0.717, 1.165) is 0 Å². The quantitative estimate of drug-likeness (QED) is 0.736. The lowest BCUT2D eigenvalue weighted by atomic mass is 10.0. The van der Waals surface area contributed by atoms with E-state index in [2.05, 4.69) is 0 Å². The summed E-state index contributed by atoms with van der Waals surface area (Å²) in [5, 5.41) is 0. The molecular formula is C12H15F2NO. The van der Waals surface area contributed by atoms with E-state index in [1.165, 1.54) is 19.1 Å². The van der Waals surface area contributed by atoms with Crippen molar-refractivity contribution in [3.63, 3.8) is 0 Å². The molecule has 0 heterocycles. The van der Waals surface area contributed by atoms with Crippen LogP contribution in [0.3, 0.4) is 0 Å². The van der Waals surface area contributed by atoms with Crippen LogP contribution in [0, 0.1) is 18.6 Å². The number of rotatable bonds is 4. The fraction of sp³-hybridized carbons (Fsp3) is 0.417. The molecule has 0 aromatic heterocycles. The van der Waals surface area contributed by atoms with Gasteiger partial charge >= 0.3 is 0 Å². The number of benzene rings is 1. The first kappa shape index (κ1) is 12.8. The number of hydrogen-bond donors (Lipinski definition) is 0. The summed E-state index contributed by atoms with van der Waals surface area (Å²) in [7, 11) is 3.64. The van der Waals surface area contributed by atoms with Gasteiger partial charge in [0.1, 0.15) is 0 Å². The summed E-state index contributed by atoms with van der Waals surface area (Å²) >= 11 is 0. The molecule has 0 aliphatic rings. The highest BCUT2D eigenvalue weighted by molar-refractivity contribution is 5.96. The van der Waals surface area contributed by atoms with E-state index in [1.54, 1.807) is 0 Å². The van der Waals surface area contributed by atoms with E-state index in [-0.39, 0.29) is 23.3 Å². The van der Waals surface area contributed by atoms with Crippen LogP contribution in [0.25, 0.3) is 0 Å². The van der Waals surface area contributed by atoms with E-state index in [1.807, 2.05) is 19.0 Å². The minimum absolute atomic E-state index is 0.162. The molecule has 4 heteroatoms. The lowest BCUT2D eigenvalue weighted by Gasteiger charge is -2.09. The zero-order valence-corrected chi connectivity index (χ0v) is 9.68. The maximum atomic E-state index is 13.4. The molecule has 1 aromatic carbocycles. The maximum absolute atomic E-state index is 13.4. The number of carbonyl (C=O) groups is 1. The van der Waals surface area contributed by atoms with Gasteiger partial charge in [0.15, 0.2) is 17.4 Å². The van der Waals surface area contributed by atoms with Gasteiger partial charge in [-0.2, -0.15) is 0 Å². The van der Waals surface area contributed by atoms with Gasteiger partial charge < -0.3 is 4.90 Å². The Bertz CT molecular complexity index is 402. The highest BCUT2D eigenvalue weighted by atomic mass is 19.2. The second-order valence-corrected chi connectivity index (χ2v) is 4.03. The summed E-state index contributed by atoms with van der Waals surface area (Å²) in [5.74, 6) is -2.34. The molecule has 2 nitrogen and oxygen atoms in total. The Kier molecular flexibility index (Phi) is 4.12. The summed E-state index contributed by atoms with van der Waals surface area (Å²) in [4.78, 5) is 13.4. The first-order valence-corrected chi connectivity index (χ1v) is 5.06. The number of halogens is 2. The first-order valence-electron chi connectivity index (χ1n) is 5.06. The van der Waals surface area contributed by atoms with Gasteiger partial charge in [-0.05, 0) is 32.6 Å². The van der Waals surface area contributed by atoms with Crippen molar-refractivity contribution in [2.75, 3.05) is 20.6 Å². The second-order valence-electron chi connectivity index (χ2n) is 4.03. The van der Waals surface area contributed by atoms with Gasteiger partial charge in [-0.1, -0.05) is 6.07 Å². The van der Waals surface area contributed by atoms with Crippen LogP contribution in [-0.2, 0) is 0 Å². The molecule has 16 heavy (non-hydrogen) atoms. The Morgan fingerprint density at radius 1 is 1.25 bits per heavy atom. The average Bonchev–Trinajstić information content (AvgIpc) is 2.23. The van der Waals surface area contributed by atoms with Crippen LogP contribution in [0.2, 0.25) is 0 Å². The number of ketones is 1. The van der Waals surface area contributed by atoms with Gasteiger partial charge in [-0.15, -0.1) is 0 Å². The Morgan fingerprint density at radius 2 is 1.88 bits per heavy atom. The zero-order chi connectivity index (χ0) is 12.3. The Balaban J connectivity index is 2.88. The van der Waals surface area contributed by atoms with E-state index < -0.39 is 11.6 Å². The molecular weight excluding hydrogens is 212 g/mol. The fourth-order valence-corrected chi connectivity index (χ4v) is 1.32. The zero-order valence-electron chi connectivity index (χ0n) is 9.68. The van der Waals surface area contributed by atoms with Crippen LogP contribution >= 0.6 is 0 Å². The third kappa shape index (κ3) is 2.85. The predicted octanol–water partition coefficient (Wildman–Crippen LogP) is 2.41. The van der Waals surface area contributed by atoms with Gasteiger partial charge in [-0.25, -0.2) is 8.78 Å². The molecule has 0 radical (unpaired) electrons. The van der Waals surface area contributed by atoms with Gasteiger partial charge in [0.05, 0.1) is 5.56 Å². The largest absolute Gasteiger partial charge is 0.309 e. The molecule has 0 fully saturated rings. The summed E-state index contributed by atoms with van der Waals surface area (Å²) in [6.45, 7) is 1.99. The number of nitrogens with zero attached hydrogens (tertiary/aromatic N) is 1. The topological polar surface area (TPSA) is 20.3 Å². The lowest BCUT2D eigenvalue weighted by Crippen LogP contribution is -2.17. The molecule has 0 N–H and O–H groups in total. The van der Waals surface area contributed by atoms with E-state index in [9.17, 15) is 13.6 Å². The minimum atomic E-state index is -1.04. The molecule has 88 valence electrons. The van der Waals surface area contributed by atoms with Crippen LogP contribution in [0.1, 0.15) is 22.3 Å². The molecule has 1 rings (SSSR count). The predicted molar refractivity (Wildman–Crippen MR) is 58.6 cm³/mol. The fourth-order valence-electron chi connectivity index (χ4n) is 1.32. The van der Waals surface area contributed by atoms with Crippen LogP contribution < -0.4 is 0 Å². The van der Waals surface area contributed by atoms with Crippen molar-refractivity contribution in [3.8, 4) is 0 Å². The molecule has 0 atom stereocenters. The van der Waals surface area contributed by atoms with Crippen molar-refractivity contribution in [2.45, 2.75) is 13.3 Å². The third-order valence-corrected chi connectivity index (χ3v) is 2.36. The summed E-state index contributed by atoms with van der Waals surface area (Å²) in [6.07, 6.45) is 0.187. The van der Waals surface area contributed by atoms with Crippen molar-refractivity contribution >= 4 is 5.78 Å². The molecule has 0 saturated heterocycles. The smallest absolute Gasteiger partial charge is 0.169 e. The molecule has 0 spiro atoms. The monoisotopic (exact) mass is 227 g/mol. The molecule has 0 aliphatic carbocycles. The third-order valence-electron chi connectivity index (χ3n) is 2.36. The molecule has 0 saturated carbocycles. The molecule has 0 aliphatic heterocycles. The van der Waals surface area contributed by atoms with Crippen molar-refractivity contribution in [1.82, 2.24) is 4.90 Å². The maximum Gasteiger partial charge on any atom is 0.169 e. The van der Waals surface area contributed by atoms with Gasteiger partial charge in [0.25, 0.3) is 0 Å². The number of Topliss-reactive ketones (excluding diaryl/α,β-unsaturated/α-hetero) is 1. The first-order chi connectivity index (χ1) is 7.43. The summed E-state index contributed by atoms with van der Waals surface area (Å²) < 4.78 is 26.6. The lowest BCUT2D eigenvalue weighted by molar-refractivity contribution is 0.0967. The normalized spacial score (nSPS) is 10.9. The van der Waals surface area contributed by atoms with Crippen molar-refractivity contribution in [2.24, 2.45) is 0 Å². The standard InChI is InChI=1S/C12H15F2NO/c1-8-4-5-9(12(14)11(8)13)10(16)6-7-15(2)3/h4-5H,6-7H2,1-3H3. The van der Waals surface area contributed by atoms with Crippen molar-refractivity contribution < 1.29 is 13.6 Å². The van der Waals surface area contributed by atoms with Crippen molar-refractivity contribution in [1.29, 1.82) is 0 Å². The van der Waals surface area contributed by atoms with Gasteiger partial charge in [0.2, 0.25) is 0 Å². The van der Waals surface area contributed by atoms with Crippen LogP contribution in [0.15, 0.2) is 12.1 Å². The number of aryl methyl sites for hydroxylation is 1. The minimum Gasteiger partial charge on any atom is -0.309 e.